The van der Waals surface area contributed by atoms with Crippen molar-refractivity contribution in [2.75, 3.05) is 10.6 Å². The summed E-state index contributed by atoms with van der Waals surface area (Å²) < 4.78 is 5.57. The number of fused-ring (bicyclic) bond motifs is 1. The zero-order chi connectivity index (χ0) is 15.0. The largest absolute Gasteiger partial charge is 0.466 e. The SMILES string of the molecule is C[C@@]1(C(=O)Nc2nncs2)Oc2ccc(Cl)cc2NC1=O. The number of hydrogen-bond acceptors (Lipinski definition) is 6. The predicted molar refractivity (Wildman–Crippen MR) is 77.7 cm³/mol. The lowest BCUT2D eigenvalue weighted by molar-refractivity contribution is -0.143. The third-order valence-electron chi connectivity index (χ3n) is 2.95. The van der Waals surface area contributed by atoms with Crippen LogP contribution in [-0.2, 0) is 9.59 Å². The molecule has 2 heterocycles. The summed E-state index contributed by atoms with van der Waals surface area (Å²) in [5, 5.41) is 13.2. The van der Waals surface area contributed by atoms with Crippen molar-refractivity contribution in [3.63, 3.8) is 0 Å². The van der Waals surface area contributed by atoms with E-state index in [2.05, 4.69) is 20.8 Å². The molecular weight excluding hydrogens is 316 g/mol. The van der Waals surface area contributed by atoms with Crippen LogP contribution in [0.25, 0.3) is 0 Å². The number of carbonyl (C=O) groups excluding carboxylic acids is 2. The highest BCUT2D eigenvalue weighted by Crippen LogP contribution is 2.36. The molecule has 0 radical (unpaired) electrons. The van der Waals surface area contributed by atoms with E-state index >= 15 is 0 Å². The fraction of sp³-hybridized carbons (Fsp3) is 0.167. The van der Waals surface area contributed by atoms with Crippen molar-refractivity contribution in [2.24, 2.45) is 0 Å². The van der Waals surface area contributed by atoms with Crippen molar-refractivity contribution < 1.29 is 14.3 Å². The minimum Gasteiger partial charge on any atom is -0.466 e. The number of nitrogens with one attached hydrogen (secondary N) is 2. The van der Waals surface area contributed by atoms with Gasteiger partial charge in [0, 0.05) is 5.02 Å². The number of anilines is 2. The first-order chi connectivity index (χ1) is 9.99. The van der Waals surface area contributed by atoms with Gasteiger partial charge in [-0.05, 0) is 25.1 Å². The average Bonchev–Trinajstić information content (AvgIpc) is 2.93. The number of benzene rings is 1. The van der Waals surface area contributed by atoms with Gasteiger partial charge in [0.15, 0.2) is 0 Å². The van der Waals surface area contributed by atoms with Crippen LogP contribution in [0.1, 0.15) is 6.92 Å². The molecule has 1 aliphatic heterocycles. The van der Waals surface area contributed by atoms with E-state index in [1.165, 1.54) is 12.4 Å². The molecule has 3 rings (SSSR count). The smallest absolute Gasteiger partial charge is 0.280 e. The number of rotatable bonds is 2. The Balaban J connectivity index is 1.89. The lowest BCUT2D eigenvalue weighted by Crippen LogP contribution is -2.56. The van der Waals surface area contributed by atoms with Crippen LogP contribution in [-0.4, -0.2) is 27.6 Å². The third-order valence-corrected chi connectivity index (χ3v) is 3.79. The molecule has 9 heteroatoms. The minimum absolute atomic E-state index is 0.291. The first-order valence-electron chi connectivity index (χ1n) is 5.87. The second-order valence-corrected chi connectivity index (χ2v) is 5.70. The first kappa shape index (κ1) is 13.8. The van der Waals surface area contributed by atoms with E-state index in [4.69, 9.17) is 16.3 Å². The molecule has 1 atom stereocenters. The van der Waals surface area contributed by atoms with Gasteiger partial charge in [0.25, 0.3) is 17.4 Å². The van der Waals surface area contributed by atoms with Gasteiger partial charge in [-0.2, -0.15) is 0 Å². The van der Waals surface area contributed by atoms with E-state index in [0.29, 0.717) is 21.6 Å². The second kappa shape index (κ2) is 4.97. The molecule has 1 aliphatic rings. The molecule has 1 aromatic heterocycles. The van der Waals surface area contributed by atoms with Gasteiger partial charge >= 0.3 is 0 Å². The number of ether oxygens (including phenoxy) is 1. The van der Waals surface area contributed by atoms with Crippen molar-refractivity contribution in [3.05, 3.63) is 28.7 Å². The number of carbonyl (C=O) groups is 2. The molecule has 7 nitrogen and oxygen atoms in total. The lowest BCUT2D eigenvalue weighted by atomic mass is 10.0. The Labute approximate surface area is 128 Å². The Morgan fingerprint density at radius 1 is 1.52 bits per heavy atom. The molecule has 2 aromatic rings. The minimum atomic E-state index is -1.70. The quantitative estimate of drug-likeness (QED) is 0.823. The summed E-state index contributed by atoms with van der Waals surface area (Å²) in [5.41, 5.74) is 0.192. The van der Waals surface area contributed by atoms with Crippen molar-refractivity contribution in [1.29, 1.82) is 0 Å². The zero-order valence-corrected chi connectivity index (χ0v) is 12.3. The van der Waals surface area contributed by atoms with Crippen molar-refractivity contribution >= 4 is 45.6 Å². The Kier molecular flexibility index (Phi) is 3.26. The highest BCUT2D eigenvalue weighted by molar-refractivity contribution is 7.13. The predicted octanol–water partition coefficient (Wildman–Crippen LogP) is 1.92. The van der Waals surface area contributed by atoms with E-state index in [9.17, 15) is 9.59 Å². The molecule has 1 aromatic carbocycles. The van der Waals surface area contributed by atoms with Crippen LogP contribution in [0.2, 0.25) is 5.02 Å². The van der Waals surface area contributed by atoms with Gasteiger partial charge in [-0.3, -0.25) is 14.9 Å². The fourth-order valence-corrected chi connectivity index (χ4v) is 2.40. The molecule has 108 valence electrons. The third kappa shape index (κ3) is 2.43. The molecule has 2 amide bonds. The summed E-state index contributed by atoms with van der Waals surface area (Å²) in [6, 6.07) is 4.76. The summed E-state index contributed by atoms with van der Waals surface area (Å²) in [4.78, 5) is 24.5. The maximum atomic E-state index is 12.3. The lowest BCUT2D eigenvalue weighted by Gasteiger charge is -2.32. The zero-order valence-electron chi connectivity index (χ0n) is 10.7. The van der Waals surface area contributed by atoms with E-state index < -0.39 is 17.4 Å². The summed E-state index contributed by atoms with van der Waals surface area (Å²) in [5.74, 6) is -0.842. The van der Waals surface area contributed by atoms with Crippen LogP contribution >= 0.6 is 22.9 Å². The number of halogens is 1. The van der Waals surface area contributed by atoms with Crippen LogP contribution in [0.4, 0.5) is 10.8 Å². The summed E-state index contributed by atoms with van der Waals surface area (Å²) in [6.07, 6.45) is 0. The van der Waals surface area contributed by atoms with E-state index in [1.54, 1.807) is 18.2 Å². The van der Waals surface area contributed by atoms with E-state index in [1.807, 2.05) is 0 Å². The molecular formula is C12H9ClN4O3S. The van der Waals surface area contributed by atoms with Crippen LogP contribution in [0.15, 0.2) is 23.7 Å². The standard InChI is InChI=1S/C12H9ClN4O3S/c1-12(10(19)16-11-17-14-5-21-11)9(18)15-7-4-6(13)2-3-8(7)20-12/h2-5H,1H3,(H,15,18)(H,16,17,19)/t12-/m1/s1. The number of aromatic nitrogens is 2. The Bertz CT molecular complexity index is 721. The van der Waals surface area contributed by atoms with Gasteiger partial charge in [0.1, 0.15) is 11.3 Å². The van der Waals surface area contributed by atoms with Gasteiger partial charge in [-0.25, -0.2) is 0 Å². The Hall–Kier alpha value is -2.19. The van der Waals surface area contributed by atoms with Crippen LogP contribution in [0.3, 0.4) is 0 Å². The molecule has 0 saturated carbocycles. The van der Waals surface area contributed by atoms with E-state index in [0.717, 1.165) is 11.3 Å². The second-order valence-electron chi connectivity index (χ2n) is 4.43. The maximum Gasteiger partial charge on any atom is 0.280 e. The van der Waals surface area contributed by atoms with Gasteiger partial charge in [0.05, 0.1) is 5.69 Å². The topological polar surface area (TPSA) is 93.2 Å². The van der Waals surface area contributed by atoms with E-state index in [-0.39, 0.29) is 0 Å². The fourth-order valence-electron chi connectivity index (χ4n) is 1.79. The van der Waals surface area contributed by atoms with Crippen molar-refractivity contribution in [2.45, 2.75) is 12.5 Å². The van der Waals surface area contributed by atoms with Gasteiger partial charge in [0.2, 0.25) is 5.13 Å². The molecule has 2 N–H and O–H groups in total. The van der Waals surface area contributed by atoms with Crippen molar-refractivity contribution in [1.82, 2.24) is 10.2 Å². The van der Waals surface area contributed by atoms with Gasteiger partial charge in [-0.1, -0.05) is 22.9 Å². The monoisotopic (exact) mass is 324 g/mol. The summed E-state index contributed by atoms with van der Waals surface area (Å²) >= 11 is 7.00. The molecule has 21 heavy (non-hydrogen) atoms. The highest BCUT2D eigenvalue weighted by atomic mass is 35.5. The Morgan fingerprint density at radius 2 is 2.33 bits per heavy atom. The van der Waals surface area contributed by atoms with Gasteiger partial charge in [-0.15, -0.1) is 10.2 Å². The molecule has 0 saturated heterocycles. The molecule has 0 spiro atoms. The molecule has 0 unspecified atom stereocenters. The number of amides is 2. The molecule has 0 fully saturated rings. The van der Waals surface area contributed by atoms with Gasteiger partial charge < -0.3 is 10.1 Å². The first-order valence-corrected chi connectivity index (χ1v) is 7.12. The maximum absolute atomic E-state index is 12.3. The molecule has 0 bridgehead atoms. The van der Waals surface area contributed by atoms with Crippen LogP contribution in [0, 0.1) is 0 Å². The summed E-state index contributed by atoms with van der Waals surface area (Å²) in [6.45, 7) is 1.39. The molecule has 0 aliphatic carbocycles. The number of nitrogens with zero attached hydrogens (tertiary/aromatic N) is 2. The highest BCUT2D eigenvalue weighted by Gasteiger charge is 2.47. The normalized spacial score (nSPS) is 20.2. The van der Waals surface area contributed by atoms with Crippen LogP contribution < -0.4 is 15.4 Å². The van der Waals surface area contributed by atoms with Crippen molar-refractivity contribution in [3.8, 4) is 5.75 Å². The average molecular weight is 325 g/mol. The Morgan fingerprint density at radius 3 is 3.05 bits per heavy atom. The van der Waals surface area contributed by atoms with Crippen LogP contribution in [0.5, 0.6) is 5.75 Å². The summed E-state index contributed by atoms with van der Waals surface area (Å²) in [7, 11) is 0. The number of hydrogen-bond donors (Lipinski definition) is 2.